The summed E-state index contributed by atoms with van der Waals surface area (Å²) in [5.74, 6) is 0.716. The lowest BCUT2D eigenvalue weighted by Gasteiger charge is -2.34. The Hall–Kier alpha value is -2.23. The lowest BCUT2D eigenvalue weighted by molar-refractivity contribution is -0.136. The van der Waals surface area contributed by atoms with Gasteiger partial charge in [-0.25, -0.2) is 4.39 Å². The van der Waals surface area contributed by atoms with E-state index >= 15 is 0 Å². The zero-order valence-electron chi connectivity index (χ0n) is 15.7. The lowest BCUT2D eigenvalue weighted by Crippen LogP contribution is -2.42. The molecule has 27 heavy (non-hydrogen) atoms. The van der Waals surface area contributed by atoms with Crippen LogP contribution in [0.25, 0.3) is 0 Å². The van der Waals surface area contributed by atoms with Gasteiger partial charge in [-0.15, -0.1) is 0 Å². The van der Waals surface area contributed by atoms with Gasteiger partial charge in [-0.2, -0.15) is 0 Å². The van der Waals surface area contributed by atoms with Crippen LogP contribution in [-0.2, 0) is 11.2 Å². The van der Waals surface area contributed by atoms with Gasteiger partial charge in [0, 0.05) is 42.7 Å². The molecule has 0 spiro atoms. The molecule has 2 aliphatic rings. The third-order valence-electron chi connectivity index (χ3n) is 5.98. The van der Waals surface area contributed by atoms with E-state index in [1.54, 1.807) is 0 Å². The molecule has 142 valence electrons. The van der Waals surface area contributed by atoms with E-state index in [2.05, 4.69) is 17.0 Å². The van der Waals surface area contributed by atoms with E-state index in [0.717, 1.165) is 55.7 Å². The van der Waals surface area contributed by atoms with Crippen molar-refractivity contribution >= 4 is 5.91 Å². The molecule has 2 aromatic rings. The number of aromatic nitrogens is 1. The summed E-state index contributed by atoms with van der Waals surface area (Å²) in [7, 11) is 0. The maximum Gasteiger partial charge on any atom is 0.225 e. The Kier molecular flexibility index (Phi) is 5.51. The van der Waals surface area contributed by atoms with Crippen LogP contribution in [0.1, 0.15) is 61.4 Å². The zero-order chi connectivity index (χ0) is 18.6. The fraction of sp³-hybridized carbons (Fsp3) is 0.478. The first-order valence-electron chi connectivity index (χ1n) is 10.2. The zero-order valence-corrected chi connectivity index (χ0v) is 15.7. The van der Waals surface area contributed by atoms with E-state index in [1.807, 2.05) is 18.2 Å². The van der Waals surface area contributed by atoms with Crippen molar-refractivity contribution in [2.45, 2.75) is 50.9 Å². The smallest absolute Gasteiger partial charge is 0.225 e. The van der Waals surface area contributed by atoms with Gasteiger partial charge in [-0.05, 0) is 55.5 Å². The highest BCUT2D eigenvalue weighted by molar-refractivity contribution is 5.79. The first-order chi connectivity index (χ1) is 13.2. The maximum atomic E-state index is 13.1. The lowest BCUT2D eigenvalue weighted by atomic mass is 9.92. The maximum absolute atomic E-state index is 13.1. The minimum absolute atomic E-state index is 0.213. The van der Waals surface area contributed by atoms with Crippen LogP contribution in [-0.4, -0.2) is 28.9 Å². The number of carbonyl (C=O) groups excluding carboxylic acids is 1. The third kappa shape index (κ3) is 4.37. The Morgan fingerprint density at radius 2 is 1.81 bits per heavy atom. The van der Waals surface area contributed by atoms with Gasteiger partial charge < -0.3 is 4.90 Å². The SMILES string of the molecule is O=C(C1CCCC1)N1CCC[C@H](c2cccc(Cc3ccc(F)cc3)n2)C1. The van der Waals surface area contributed by atoms with E-state index in [1.165, 1.54) is 25.0 Å². The molecule has 2 heterocycles. The average molecular weight is 366 g/mol. The molecule has 1 saturated carbocycles. The number of nitrogens with zero attached hydrogens (tertiary/aromatic N) is 2. The normalized spacial score (nSPS) is 20.8. The minimum Gasteiger partial charge on any atom is -0.342 e. The van der Waals surface area contributed by atoms with Gasteiger partial charge in [0.25, 0.3) is 0 Å². The summed E-state index contributed by atoms with van der Waals surface area (Å²) >= 11 is 0. The van der Waals surface area contributed by atoms with E-state index in [4.69, 9.17) is 4.98 Å². The fourth-order valence-corrected chi connectivity index (χ4v) is 4.49. The number of likely N-dealkylation sites (tertiary alicyclic amines) is 1. The molecule has 1 aromatic carbocycles. The first-order valence-corrected chi connectivity index (χ1v) is 10.2. The van der Waals surface area contributed by atoms with Crippen molar-refractivity contribution < 1.29 is 9.18 Å². The molecule has 2 fully saturated rings. The molecule has 3 nitrogen and oxygen atoms in total. The van der Waals surface area contributed by atoms with Crippen LogP contribution in [0.15, 0.2) is 42.5 Å². The predicted molar refractivity (Wildman–Crippen MR) is 104 cm³/mol. The molecular weight excluding hydrogens is 339 g/mol. The highest BCUT2D eigenvalue weighted by Gasteiger charge is 2.31. The van der Waals surface area contributed by atoms with Gasteiger partial charge in [-0.1, -0.05) is 31.0 Å². The number of amides is 1. The topological polar surface area (TPSA) is 33.2 Å². The molecule has 1 atom stereocenters. The molecule has 4 heteroatoms. The minimum atomic E-state index is -0.213. The number of hydrogen-bond donors (Lipinski definition) is 0. The third-order valence-corrected chi connectivity index (χ3v) is 5.98. The summed E-state index contributed by atoms with van der Waals surface area (Å²) in [5, 5.41) is 0. The van der Waals surface area contributed by atoms with Crippen molar-refractivity contribution in [1.29, 1.82) is 0 Å². The van der Waals surface area contributed by atoms with E-state index in [-0.39, 0.29) is 11.7 Å². The van der Waals surface area contributed by atoms with E-state index in [0.29, 0.717) is 18.2 Å². The Balaban J connectivity index is 1.44. The molecule has 0 unspecified atom stereocenters. The summed E-state index contributed by atoms with van der Waals surface area (Å²) in [4.78, 5) is 19.7. The van der Waals surface area contributed by atoms with Crippen molar-refractivity contribution in [2.24, 2.45) is 5.92 Å². The summed E-state index contributed by atoms with van der Waals surface area (Å²) in [5.41, 5.74) is 3.14. The van der Waals surface area contributed by atoms with Gasteiger partial charge in [0.2, 0.25) is 5.91 Å². The standard InChI is InChI=1S/C23H27FN2O/c24-20-12-10-17(11-13-20)15-21-8-3-9-22(25-21)19-7-4-14-26(16-19)23(27)18-5-1-2-6-18/h3,8-13,18-19H,1-2,4-7,14-16H2/t19-/m0/s1. The van der Waals surface area contributed by atoms with Crippen LogP contribution in [0, 0.1) is 11.7 Å². The van der Waals surface area contributed by atoms with Crippen molar-refractivity contribution in [3.63, 3.8) is 0 Å². The Labute approximate surface area is 160 Å². The number of halogens is 1. The number of benzene rings is 1. The number of hydrogen-bond acceptors (Lipinski definition) is 2. The van der Waals surface area contributed by atoms with E-state index < -0.39 is 0 Å². The van der Waals surface area contributed by atoms with Gasteiger partial charge in [0.05, 0.1) is 0 Å². The van der Waals surface area contributed by atoms with Crippen molar-refractivity contribution in [2.75, 3.05) is 13.1 Å². The number of piperidine rings is 1. The number of rotatable bonds is 4. The Morgan fingerprint density at radius 1 is 1.04 bits per heavy atom. The molecule has 1 aromatic heterocycles. The summed E-state index contributed by atoms with van der Waals surface area (Å²) < 4.78 is 13.1. The summed E-state index contributed by atoms with van der Waals surface area (Å²) in [6, 6.07) is 12.8. The highest BCUT2D eigenvalue weighted by atomic mass is 19.1. The molecule has 1 aliphatic carbocycles. The molecular formula is C23H27FN2O. The second kappa shape index (κ2) is 8.20. The van der Waals surface area contributed by atoms with E-state index in [9.17, 15) is 9.18 Å². The molecule has 0 radical (unpaired) electrons. The summed E-state index contributed by atoms with van der Waals surface area (Å²) in [6.45, 7) is 1.68. The second-order valence-corrected chi connectivity index (χ2v) is 7.96. The van der Waals surface area contributed by atoms with Crippen LogP contribution < -0.4 is 0 Å². The van der Waals surface area contributed by atoms with Gasteiger partial charge in [-0.3, -0.25) is 9.78 Å². The van der Waals surface area contributed by atoms with Crippen LogP contribution in [0.5, 0.6) is 0 Å². The average Bonchev–Trinajstić information content (AvgIpc) is 3.24. The van der Waals surface area contributed by atoms with Crippen LogP contribution in [0.2, 0.25) is 0 Å². The van der Waals surface area contributed by atoms with Crippen LogP contribution >= 0.6 is 0 Å². The monoisotopic (exact) mass is 366 g/mol. The van der Waals surface area contributed by atoms with Gasteiger partial charge in [0.15, 0.2) is 0 Å². The van der Waals surface area contributed by atoms with Gasteiger partial charge in [0.1, 0.15) is 5.82 Å². The van der Waals surface area contributed by atoms with Crippen molar-refractivity contribution in [3.05, 3.63) is 65.2 Å². The van der Waals surface area contributed by atoms with Crippen molar-refractivity contribution in [1.82, 2.24) is 9.88 Å². The number of pyridine rings is 1. The summed E-state index contributed by atoms with van der Waals surface area (Å²) in [6.07, 6.45) is 7.35. The highest BCUT2D eigenvalue weighted by Crippen LogP contribution is 2.31. The predicted octanol–water partition coefficient (Wildman–Crippen LogP) is 4.71. The Bertz CT molecular complexity index is 783. The molecule has 0 N–H and O–H groups in total. The first kappa shape index (κ1) is 18.1. The molecule has 1 amide bonds. The van der Waals surface area contributed by atoms with Crippen molar-refractivity contribution in [3.8, 4) is 0 Å². The molecule has 1 saturated heterocycles. The molecule has 4 rings (SSSR count). The van der Waals surface area contributed by atoms with Crippen LogP contribution in [0.3, 0.4) is 0 Å². The molecule has 0 bridgehead atoms. The second-order valence-electron chi connectivity index (χ2n) is 7.96. The quantitative estimate of drug-likeness (QED) is 0.785. The Morgan fingerprint density at radius 3 is 2.59 bits per heavy atom. The number of carbonyl (C=O) groups is 1. The van der Waals surface area contributed by atoms with Gasteiger partial charge >= 0.3 is 0 Å². The fourth-order valence-electron chi connectivity index (χ4n) is 4.49. The van der Waals surface area contributed by atoms with Crippen LogP contribution in [0.4, 0.5) is 4.39 Å². The molecule has 1 aliphatic heterocycles. The largest absolute Gasteiger partial charge is 0.342 e.